The summed E-state index contributed by atoms with van der Waals surface area (Å²) in [5.41, 5.74) is 1.41. The van der Waals surface area contributed by atoms with Crippen molar-refractivity contribution in [3.8, 4) is 0 Å². The van der Waals surface area contributed by atoms with Gasteiger partial charge in [0.2, 0.25) is 0 Å². The number of hydrogen-bond donors (Lipinski definition) is 2. The Labute approximate surface area is 90.9 Å². The van der Waals surface area contributed by atoms with Gasteiger partial charge < -0.3 is 14.8 Å². The van der Waals surface area contributed by atoms with E-state index in [1.54, 1.807) is 17.9 Å². The highest BCUT2D eigenvalue weighted by Crippen LogP contribution is 2.22. The third kappa shape index (κ3) is 1.50. The minimum absolute atomic E-state index is 0.0302. The Morgan fingerprint density at radius 2 is 2.19 bits per heavy atom. The van der Waals surface area contributed by atoms with Crippen molar-refractivity contribution in [2.45, 2.75) is 19.0 Å². The van der Waals surface area contributed by atoms with Gasteiger partial charge in [0.25, 0.3) is 0 Å². The number of amides is 1. The lowest BCUT2D eigenvalue weighted by Crippen LogP contribution is -2.48. The van der Waals surface area contributed by atoms with Gasteiger partial charge in [-0.3, -0.25) is 4.90 Å². The van der Waals surface area contributed by atoms with Crippen LogP contribution in [0, 0.1) is 0 Å². The van der Waals surface area contributed by atoms with E-state index in [1.165, 1.54) is 0 Å². The highest BCUT2D eigenvalue weighted by molar-refractivity contribution is 5.80. The highest BCUT2D eigenvalue weighted by atomic mass is 16.4. The molecule has 7 nitrogen and oxygen atoms in total. The Morgan fingerprint density at radius 1 is 1.50 bits per heavy atom. The Morgan fingerprint density at radius 3 is 2.75 bits per heavy atom. The van der Waals surface area contributed by atoms with Gasteiger partial charge in [0.05, 0.1) is 18.6 Å². The average Bonchev–Trinajstić information content (AvgIpc) is 2.58. The van der Waals surface area contributed by atoms with Crippen molar-refractivity contribution in [2.24, 2.45) is 7.05 Å². The van der Waals surface area contributed by atoms with Crippen molar-refractivity contribution in [1.29, 1.82) is 0 Å². The van der Waals surface area contributed by atoms with Crippen LogP contribution in [0.4, 0.5) is 4.79 Å². The Bertz CT molecular complexity index is 454. The van der Waals surface area contributed by atoms with E-state index >= 15 is 0 Å². The first-order valence-electron chi connectivity index (χ1n) is 4.72. The average molecular weight is 225 g/mol. The van der Waals surface area contributed by atoms with Gasteiger partial charge in [-0.05, 0) is 0 Å². The van der Waals surface area contributed by atoms with E-state index < -0.39 is 18.1 Å². The molecule has 1 aliphatic rings. The number of aryl methyl sites for hydroxylation is 1. The molecule has 0 bridgehead atoms. The number of imidazole rings is 1. The molecule has 86 valence electrons. The number of nitrogens with zero attached hydrogens (tertiary/aromatic N) is 3. The number of carboxylic acid groups (broad SMARTS) is 2. The summed E-state index contributed by atoms with van der Waals surface area (Å²) in [6.07, 6.45) is 0.492. The molecule has 1 aromatic heterocycles. The molecular formula is C9H11N3O4. The molecule has 2 rings (SSSR count). The quantitative estimate of drug-likeness (QED) is 0.696. The minimum atomic E-state index is -1.23. The Hall–Kier alpha value is -2.05. The second-order valence-corrected chi connectivity index (χ2v) is 3.72. The number of aromatic nitrogens is 2. The van der Waals surface area contributed by atoms with E-state index in [0.29, 0.717) is 5.69 Å². The lowest BCUT2D eigenvalue weighted by atomic mass is 10.0. The van der Waals surface area contributed by atoms with E-state index in [4.69, 9.17) is 10.2 Å². The highest BCUT2D eigenvalue weighted by Gasteiger charge is 2.36. The lowest BCUT2D eigenvalue weighted by Gasteiger charge is -2.30. The molecule has 1 atom stereocenters. The SMILES string of the molecule is Cn1cnc2c1CC(C(=O)O)N(C(=O)O)C2. The zero-order valence-corrected chi connectivity index (χ0v) is 8.62. The topological polar surface area (TPSA) is 95.7 Å². The van der Waals surface area contributed by atoms with Crippen molar-refractivity contribution < 1.29 is 19.8 Å². The molecule has 2 heterocycles. The summed E-state index contributed by atoms with van der Waals surface area (Å²) in [5, 5.41) is 17.9. The van der Waals surface area contributed by atoms with Crippen LogP contribution in [-0.2, 0) is 24.8 Å². The van der Waals surface area contributed by atoms with Gasteiger partial charge in [-0.1, -0.05) is 0 Å². The van der Waals surface area contributed by atoms with Gasteiger partial charge in [-0.2, -0.15) is 0 Å². The fraction of sp³-hybridized carbons (Fsp3) is 0.444. The smallest absolute Gasteiger partial charge is 0.408 e. The summed E-state index contributed by atoms with van der Waals surface area (Å²) in [6, 6.07) is -1.03. The molecule has 0 fully saturated rings. The van der Waals surface area contributed by atoms with Crippen molar-refractivity contribution in [3.05, 3.63) is 17.7 Å². The molecule has 0 aromatic carbocycles. The largest absolute Gasteiger partial charge is 0.480 e. The third-order valence-electron chi connectivity index (χ3n) is 2.76. The van der Waals surface area contributed by atoms with Crippen LogP contribution in [0.2, 0.25) is 0 Å². The number of fused-ring (bicyclic) bond motifs is 1. The van der Waals surface area contributed by atoms with Gasteiger partial charge >= 0.3 is 12.1 Å². The summed E-state index contributed by atoms with van der Waals surface area (Å²) in [5.74, 6) is -1.13. The summed E-state index contributed by atoms with van der Waals surface area (Å²) >= 11 is 0. The number of aliphatic carboxylic acids is 1. The molecule has 1 amide bonds. The zero-order valence-electron chi connectivity index (χ0n) is 8.62. The van der Waals surface area contributed by atoms with Crippen molar-refractivity contribution in [2.75, 3.05) is 0 Å². The van der Waals surface area contributed by atoms with Gasteiger partial charge in [-0.25, -0.2) is 14.6 Å². The van der Waals surface area contributed by atoms with Crippen LogP contribution >= 0.6 is 0 Å². The molecule has 1 aromatic rings. The summed E-state index contributed by atoms with van der Waals surface area (Å²) in [4.78, 5) is 26.8. The molecule has 0 radical (unpaired) electrons. The van der Waals surface area contributed by atoms with Crippen LogP contribution in [0.15, 0.2) is 6.33 Å². The standard InChI is InChI=1S/C9H11N3O4/c1-11-4-10-5-3-12(9(15)16)7(8(13)14)2-6(5)11/h4,7H,2-3H2,1H3,(H,13,14)(H,15,16). The second-order valence-electron chi connectivity index (χ2n) is 3.72. The third-order valence-corrected chi connectivity index (χ3v) is 2.76. The molecule has 7 heteroatoms. The molecule has 0 spiro atoms. The maximum absolute atomic E-state index is 11.0. The number of carbonyl (C=O) groups is 2. The monoisotopic (exact) mass is 225 g/mol. The van der Waals surface area contributed by atoms with E-state index in [-0.39, 0.29) is 13.0 Å². The molecule has 1 aliphatic heterocycles. The number of rotatable bonds is 1. The lowest BCUT2D eigenvalue weighted by molar-refractivity contribution is -0.143. The maximum atomic E-state index is 11.0. The van der Waals surface area contributed by atoms with Crippen LogP contribution in [0.3, 0.4) is 0 Å². The van der Waals surface area contributed by atoms with Crippen molar-refractivity contribution in [3.63, 3.8) is 0 Å². The predicted molar refractivity (Wildman–Crippen MR) is 51.9 cm³/mol. The van der Waals surface area contributed by atoms with Crippen LogP contribution in [0.5, 0.6) is 0 Å². The molecule has 2 N–H and O–H groups in total. The van der Waals surface area contributed by atoms with Crippen LogP contribution in [0.1, 0.15) is 11.4 Å². The molecule has 0 aliphatic carbocycles. The van der Waals surface area contributed by atoms with Crippen LogP contribution in [-0.4, -0.2) is 42.8 Å². The maximum Gasteiger partial charge on any atom is 0.408 e. The Kier molecular flexibility index (Phi) is 2.30. The molecule has 0 saturated heterocycles. The van der Waals surface area contributed by atoms with Crippen LogP contribution in [0.25, 0.3) is 0 Å². The first-order chi connectivity index (χ1) is 7.50. The molecule has 1 unspecified atom stereocenters. The minimum Gasteiger partial charge on any atom is -0.480 e. The summed E-state index contributed by atoms with van der Waals surface area (Å²) in [6.45, 7) is 0.0302. The summed E-state index contributed by atoms with van der Waals surface area (Å²) < 4.78 is 1.73. The number of hydrogen-bond acceptors (Lipinski definition) is 3. The first-order valence-corrected chi connectivity index (χ1v) is 4.72. The fourth-order valence-electron chi connectivity index (χ4n) is 1.88. The first kappa shape index (κ1) is 10.5. The van der Waals surface area contributed by atoms with Gasteiger partial charge in [0, 0.05) is 19.2 Å². The fourth-order valence-corrected chi connectivity index (χ4v) is 1.88. The normalized spacial score (nSPS) is 19.3. The van der Waals surface area contributed by atoms with Crippen LogP contribution < -0.4 is 0 Å². The van der Waals surface area contributed by atoms with Gasteiger partial charge in [-0.15, -0.1) is 0 Å². The number of carboxylic acids is 1. The zero-order chi connectivity index (χ0) is 11.9. The van der Waals surface area contributed by atoms with Gasteiger partial charge in [0.15, 0.2) is 0 Å². The predicted octanol–water partition coefficient (Wildman–Crippen LogP) is -0.0906. The Balaban J connectivity index is 2.38. The second kappa shape index (κ2) is 3.51. The summed E-state index contributed by atoms with van der Waals surface area (Å²) in [7, 11) is 1.77. The van der Waals surface area contributed by atoms with E-state index in [1.807, 2.05) is 0 Å². The van der Waals surface area contributed by atoms with Crippen molar-refractivity contribution in [1.82, 2.24) is 14.5 Å². The van der Waals surface area contributed by atoms with Gasteiger partial charge in [0.1, 0.15) is 6.04 Å². The molecule has 16 heavy (non-hydrogen) atoms. The van der Waals surface area contributed by atoms with E-state index in [2.05, 4.69) is 4.98 Å². The molecule has 0 saturated carbocycles. The van der Waals surface area contributed by atoms with Crippen molar-refractivity contribution >= 4 is 12.1 Å². The molecular weight excluding hydrogens is 214 g/mol. The van der Waals surface area contributed by atoms with E-state index in [9.17, 15) is 9.59 Å². The van der Waals surface area contributed by atoms with E-state index in [0.717, 1.165) is 10.6 Å².